The zero-order chi connectivity index (χ0) is 20.8. The average Bonchev–Trinajstić information content (AvgIpc) is 2.70. The molecule has 1 aliphatic heterocycles. The van der Waals surface area contributed by atoms with E-state index >= 15 is 0 Å². The second-order valence-electron chi connectivity index (χ2n) is 7.33. The molecule has 6 nitrogen and oxygen atoms in total. The van der Waals surface area contributed by atoms with E-state index in [-0.39, 0.29) is 19.3 Å². The maximum Gasteiger partial charge on any atom is 0.410 e. The number of esters is 1. The number of likely N-dealkylation sites (tertiary alicyclic amines) is 1. The molecule has 0 bridgehead atoms. The monoisotopic (exact) mass is 397 g/mol. The number of rotatable bonds is 5. The molecule has 0 aliphatic carbocycles. The predicted molar refractivity (Wildman–Crippen MR) is 109 cm³/mol. The minimum absolute atomic E-state index is 0.205. The Morgan fingerprint density at radius 1 is 1.03 bits per heavy atom. The van der Waals surface area contributed by atoms with Crippen molar-refractivity contribution in [2.24, 2.45) is 0 Å². The number of piperidine rings is 1. The molecule has 1 saturated heterocycles. The largest absolute Gasteiger partial charge is 0.486 e. The summed E-state index contributed by atoms with van der Waals surface area (Å²) >= 11 is 0. The summed E-state index contributed by atoms with van der Waals surface area (Å²) < 4.78 is 17.0. The third kappa shape index (κ3) is 5.73. The molecule has 6 heteroatoms. The zero-order valence-corrected chi connectivity index (χ0v) is 17.1. The van der Waals surface area contributed by atoms with E-state index in [1.807, 2.05) is 62.4 Å². The normalized spacial score (nSPS) is 18.8. The van der Waals surface area contributed by atoms with E-state index in [9.17, 15) is 9.59 Å². The molecule has 2 aromatic rings. The van der Waals surface area contributed by atoms with Crippen LogP contribution in [-0.4, -0.2) is 42.3 Å². The first-order valence-electron chi connectivity index (χ1n) is 9.79. The number of nitrogens with zero attached hydrogens (tertiary/aromatic N) is 1. The highest BCUT2D eigenvalue weighted by atomic mass is 16.6. The molecule has 3 rings (SSSR count). The summed E-state index contributed by atoms with van der Waals surface area (Å²) in [5.41, 5.74) is 3.24. The summed E-state index contributed by atoms with van der Waals surface area (Å²) in [5, 5.41) is 0. The standard InChI is InChI=1S/C23H27NO5/c1-16-9-10-20(13-17(16)2)29-21-11-12-24(14-22(21)28-18(3)25)23(26)27-15-19-7-5-4-6-8-19/h4-10,13,21-22H,11-12,14-15H2,1-3H3/t21-,22-/m1/s1. The van der Waals surface area contributed by atoms with Gasteiger partial charge in [0, 0.05) is 19.9 Å². The van der Waals surface area contributed by atoms with Crippen molar-refractivity contribution in [3.8, 4) is 5.75 Å². The molecule has 0 N–H and O–H groups in total. The molecule has 2 aromatic carbocycles. The van der Waals surface area contributed by atoms with Crippen molar-refractivity contribution >= 4 is 12.1 Å². The van der Waals surface area contributed by atoms with E-state index in [1.165, 1.54) is 12.5 Å². The van der Waals surface area contributed by atoms with Gasteiger partial charge in [0.05, 0.1) is 6.54 Å². The van der Waals surface area contributed by atoms with Crippen LogP contribution in [0.25, 0.3) is 0 Å². The fourth-order valence-corrected chi connectivity index (χ4v) is 3.29. The van der Waals surface area contributed by atoms with Crippen LogP contribution in [0.4, 0.5) is 4.79 Å². The molecule has 0 aromatic heterocycles. The number of aryl methyl sites for hydroxylation is 2. The van der Waals surface area contributed by atoms with Gasteiger partial charge >= 0.3 is 12.1 Å². The van der Waals surface area contributed by atoms with Crippen LogP contribution in [0.5, 0.6) is 5.75 Å². The molecule has 2 atom stereocenters. The van der Waals surface area contributed by atoms with Crippen molar-refractivity contribution in [1.29, 1.82) is 0 Å². The van der Waals surface area contributed by atoms with Crippen molar-refractivity contribution in [2.45, 2.75) is 46.0 Å². The summed E-state index contributed by atoms with van der Waals surface area (Å²) in [6.07, 6.45) is -0.743. The Morgan fingerprint density at radius 2 is 1.79 bits per heavy atom. The van der Waals surface area contributed by atoms with Crippen molar-refractivity contribution in [1.82, 2.24) is 4.90 Å². The smallest absolute Gasteiger partial charge is 0.410 e. The van der Waals surface area contributed by atoms with Gasteiger partial charge in [0.2, 0.25) is 0 Å². The molecule has 1 fully saturated rings. The molecule has 0 saturated carbocycles. The number of benzene rings is 2. The molecule has 1 aliphatic rings. The van der Waals surface area contributed by atoms with Crippen LogP contribution in [0.15, 0.2) is 48.5 Å². The first kappa shape index (κ1) is 20.7. The van der Waals surface area contributed by atoms with Crippen molar-refractivity contribution in [3.63, 3.8) is 0 Å². The minimum atomic E-state index is -0.549. The van der Waals surface area contributed by atoms with Crippen LogP contribution in [-0.2, 0) is 20.9 Å². The Bertz CT molecular complexity index is 852. The van der Waals surface area contributed by atoms with E-state index < -0.39 is 18.2 Å². The van der Waals surface area contributed by atoms with Crippen molar-refractivity contribution in [3.05, 3.63) is 65.2 Å². The number of carbonyl (C=O) groups is 2. The van der Waals surface area contributed by atoms with E-state index in [4.69, 9.17) is 14.2 Å². The fourth-order valence-electron chi connectivity index (χ4n) is 3.29. The SMILES string of the molecule is CC(=O)O[C@@H]1CN(C(=O)OCc2ccccc2)CC[C@H]1Oc1ccc(C)c(C)c1. The van der Waals surface area contributed by atoms with Crippen LogP contribution in [0.3, 0.4) is 0 Å². The third-order valence-corrected chi connectivity index (χ3v) is 5.05. The van der Waals surface area contributed by atoms with Gasteiger partial charge in [-0.1, -0.05) is 36.4 Å². The molecule has 0 radical (unpaired) electrons. The van der Waals surface area contributed by atoms with Gasteiger partial charge in [-0.2, -0.15) is 0 Å². The zero-order valence-electron chi connectivity index (χ0n) is 17.1. The second-order valence-corrected chi connectivity index (χ2v) is 7.33. The van der Waals surface area contributed by atoms with Gasteiger partial charge < -0.3 is 19.1 Å². The number of amides is 1. The predicted octanol–water partition coefficient (Wildman–Crippen LogP) is 4.03. The maximum absolute atomic E-state index is 12.5. The minimum Gasteiger partial charge on any atom is -0.486 e. The van der Waals surface area contributed by atoms with Crippen LogP contribution >= 0.6 is 0 Å². The van der Waals surface area contributed by atoms with Crippen LogP contribution in [0, 0.1) is 13.8 Å². The Morgan fingerprint density at radius 3 is 2.48 bits per heavy atom. The van der Waals surface area contributed by atoms with Gasteiger partial charge in [-0.25, -0.2) is 4.79 Å². The lowest BCUT2D eigenvalue weighted by molar-refractivity contribution is -0.155. The summed E-state index contributed by atoms with van der Waals surface area (Å²) in [4.78, 5) is 25.6. The number of carbonyl (C=O) groups excluding carboxylic acids is 2. The summed E-state index contributed by atoms with van der Waals surface area (Å²) in [6.45, 7) is 6.34. The molecule has 29 heavy (non-hydrogen) atoms. The topological polar surface area (TPSA) is 65.1 Å². The molecule has 0 spiro atoms. The first-order chi connectivity index (χ1) is 13.9. The average molecular weight is 397 g/mol. The summed E-state index contributed by atoms with van der Waals surface area (Å²) in [7, 11) is 0. The quantitative estimate of drug-likeness (QED) is 0.713. The summed E-state index contributed by atoms with van der Waals surface area (Å²) in [5.74, 6) is 0.332. The highest BCUT2D eigenvalue weighted by Crippen LogP contribution is 2.24. The number of hydrogen-bond donors (Lipinski definition) is 0. The highest BCUT2D eigenvalue weighted by molar-refractivity contribution is 5.68. The van der Waals surface area contributed by atoms with Gasteiger partial charge in [0.15, 0.2) is 6.10 Å². The number of hydrogen-bond acceptors (Lipinski definition) is 5. The lowest BCUT2D eigenvalue weighted by Gasteiger charge is -2.37. The Labute approximate surface area is 171 Å². The van der Waals surface area contributed by atoms with E-state index in [0.29, 0.717) is 13.0 Å². The molecular weight excluding hydrogens is 370 g/mol. The van der Waals surface area contributed by atoms with E-state index in [1.54, 1.807) is 4.90 Å². The van der Waals surface area contributed by atoms with Gasteiger partial charge in [-0.3, -0.25) is 4.79 Å². The highest BCUT2D eigenvalue weighted by Gasteiger charge is 2.36. The maximum atomic E-state index is 12.5. The van der Waals surface area contributed by atoms with E-state index in [2.05, 4.69) is 0 Å². The molecule has 0 unspecified atom stereocenters. The van der Waals surface area contributed by atoms with Gasteiger partial charge in [0.25, 0.3) is 0 Å². The molecule has 1 heterocycles. The fraction of sp³-hybridized carbons (Fsp3) is 0.391. The molecule has 154 valence electrons. The van der Waals surface area contributed by atoms with Gasteiger partial charge in [-0.15, -0.1) is 0 Å². The van der Waals surface area contributed by atoms with Gasteiger partial charge in [0.1, 0.15) is 18.5 Å². The lowest BCUT2D eigenvalue weighted by Crippen LogP contribution is -2.52. The second kappa shape index (κ2) is 9.45. The Balaban J connectivity index is 1.62. The molecular formula is C23H27NO5. The third-order valence-electron chi connectivity index (χ3n) is 5.05. The van der Waals surface area contributed by atoms with Crippen molar-refractivity contribution < 1.29 is 23.8 Å². The molecule has 1 amide bonds. The number of ether oxygens (including phenoxy) is 3. The lowest BCUT2D eigenvalue weighted by atomic mass is 10.0. The summed E-state index contributed by atoms with van der Waals surface area (Å²) in [6, 6.07) is 15.4. The Hall–Kier alpha value is -3.02. The van der Waals surface area contributed by atoms with E-state index in [0.717, 1.165) is 16.9 Å². The Kier molecular flexibility index (Phi) is 6.75. The van der Waals surface area contributed by atoms with Crippen LogP contribution < -0.4 is 4.74 Å². The van der Waals surface area contributed by atoms with Crippen LogP contribution in [0.2, 0.25) is 0 Å². The van der Waals surface area contributed by atoms with Crippen LogP contribution in [0.1, 0.15) is 30.0 Å². The first-order valence-corrected chi connectivity index (χ1v) is 9.79. The van der Waals surface area contributed by atoms with Crippen molar-refractivity contribution in [2.75, 3.05) is 13.1 Å². The van der Waals surface area contributed by atoms with Gasteiger partial charge in [-0.05, 0) is 42.7 Å².